The first-order chi connectivity index (χ1) is 12.8. The van der Waals surface area contributed by atoms with Crippen LogP contribution in [0.3, 0.4) is 0 Å². The van der Waals surface area contributed by atoms with Crippen LogP contribution in [0.2, 0.25) is 5.02 Å². The van der Waals surface area contributed by atoms with E-state index in [4.69, 9.17) is 22.1 Å². The molecule has 142 valence electrons. The molecular formula is C20H21ClN2O4. The van der Waals surface area contributed by atoms with Crippen molar-refractivity contribution >= 4 is 35.1 Å². The van der Waals surface area contributed by atoms with Crippen molar-refractivity contribution in [2.24, 2.45) is 11.7 Å². The van der Waals surface area contributed by atoms with Crippen molar-refractivity contribution in [3.8, 4) is 0 Å². The molecule has 0 saturated heterocycles. The number of esters is 1. The molecule has 2 aromatic carbocycles. The van der Waals surface area contributed by atoms with Crippen LogP contribution in [-0.4, -0.2) is 24.4 Å². The van der Waals surface area contributed by atoms with E-state index >= 15 is 0 Å². The van der Waals surface area contributed by atoms with E-state index in [-0.39, 0.29) is 5.92 Å². The maximum atomic E-state index is 12.5. The fourth-order valence-corrected chi connectivity index (χ4v) is 2.73. The number of amides is 2. The highest BCUT2D eigenvalue weighted by atomic mass is 35.5. The molecule has 0 aliphatic carbocycles. The lowest BCUT2D eigenvalue weighted by atomic mass is 9.88. The lowest BCUT2D eigenvalue weighted by Crippen LogP contribution is -2.26. The summed E-state index contributed by atoms with van der Waals surface area (Å²) in [5, 5.41) is 3.17. The Hall–Kier alpha value is -2.86. The number of rotatable bonds is 7. The number of nitrogens with two attached hydrogens (primary N) is 1. The number of carbonyl (C=O) groups excluding carboxylic acids is 3. The van der Waals surface area contributed by atoms with Gasteiger partial charge in [-0.15, -0.1) is 0 Å². The second kappa shape index (κ2) is 9.19. The van der Waals surface area contributed by atoms with Crippen molar-refractivity contribution < 1.29 is 19.1 Å². The minimum atomic E-state index is -0.552. The standard InChI is InChI=1S/C20H21ClN2O4/c1-12(2)18(13-3-7-15(21)8-4-13)20(26)27-11-17(24)23-16-9-5-14(6-10-16)19(22)25/h3-10,12,18H,11H2,1-2H3,(H2,22,25)(H,23,24)/t18-/m0/s1. The van der Waals surface area contributed by atoms with E-state index in [0.29, 0.717) is 16.3 Å². The van der Waals surface area contributed by atoms with Gasteiger partial charge in [0.25, 0.3) is 5.91 Å². The summed E-state index contributed by atoms with van der Waals surface area (Å²) in [6.07, 6.45) is 0. The largest absolute Gasteiger partial charge is 0.455 e. The van der Waals surface area contributed by atoms with Crippen molar-refractivity contribution in [1.29, 1.82) is 0 Å². The van der Waals surface area contributed by atoms with Gasteiger partial charge in [0.2, 0.25) is 5.91 Å². The van der Waals surface area contributed by atoms with Crippen LogP contribution < -0.4 is 11.1 Å². The van der Waals surface area contributed by atoms with Crippen LogP contribution in [0.5, 0.6) is 0 Å². The summed E-state index contributed by atoms with van der Waals surface area (Å²) in [7, 11) is 0. The van der Waals surface area contributed by atoms with E-state index in [1.54, 1.807) is 36.4 Å². The molecule has 2 rings (SSSR count). The van der Waals surface area contributed by atoms with Crippen molar-refractivity contribution in [3.05, 3.63) is 64.7 Å². The zero-order valence-electron chi connectivity index (χ0n) is 15.1. The number of hydrogen-bond donors (Lipinski definition) is 2. The highest BCUT2D eigenvalue weighted by Gasteiger charge is 2.26. The Morgan fingerprint density at radius 2 is 1.63 bits per heavy atom. The molecule has 2 amide bonds. The fraction of sp³-hybridized carbons (Fsp3) is 0.250. The molecule has 0 aromatic heterocycles. The van der Waals surface area contributed by atoms with E-state index in [0.717, 1.165) is 5.56 Å². The van der Waals surface area contributed by atoms with Crippen LogP contribution in [-0.2, 0) is 14.3 Å². The number of hydrogen-bond acceptors (Lipinski definition) is 4. The summed E-state index contributed by atoms with van der Waals surface area (Å²) in [4.78, 5) is 35.5. The monoisotopic (exact) mass is 388 g/mol. The van der Waals surface area contributed by atoms with E-state index in [2.05, 4.69) is 5.32 Å². The first-order valence-corrected chi connectivity index (χ1v) is 8.77. The molecule has 0 spiro atoms. The van der Waals surface area contributed by atoms with Gasteiger partial charge >= 0.3 is 5.97 Å². The zero-order valence-corrected chi connectivity index (χ0v) is 15.8. The van der Waals surface area contributed by atoms with Crippen LogP contribution in [0.15, 0.2) is 48.5 Å². The normalized spacial score (nSPS) is 11.7. The van der Waals surface area contributed by atoms with Gasteiger partial charge in [0.15, 0.2) is 6.61 Å². The summed E-state index contributed by atoms with van der Waals surface area (Å²) in [5.74, 6) is -2.02. The number of anilines is 1. The molecule has 7 heteroatoms. The number of ether oxygens (including phenoxy) is 1. The Morgan fingerprint density at radius 3 is 2.15 bits per heavy atom. The smallest absolute Gasteiger partial charge is 0.314 e. The lowest BCUT2D eigenvalue weighted by molar-refractivity contribution is -0.149. The SMILES string of the molecule is CC(C)[C@H](C(=O)OCC(=O)Nc1ccc(C(N)=O)cc1)c1ccc(Cl)cc1. The molecule has 3 N–H and O–H groups in total. The van der Waals surface area contributed by atoms with Crippen molar-refractivity contribution in [2.45, 2.75) is 19.8 Å². The van der Waals surface area contributed by atoms with Gasteiger partial charge in [-0.1, -0.05) is 37.6 Å². The molecule has 1 atom stereocenters. The molecule has 0 saturated carbocycles. The topological polar surface area (TPSA) is 98.5 Å². The third-order valence-electron chi connectivity index (χ3n) is 3.95. The van der Waals surface area contributed by atoms with Gasteiger partial charge in [-0.25, -0.2) is 0 Å². The Kier molecular flexibility index (Phi) is 6.96. The zero-order chi connectivity index (χ0) is 20.0. The molecule has 0 bridgehead atoms. The predicted molar refractivity (Wildman–Crippen MR) is 104 cm³/mol. The summed E-state index contributed by atoms with van der Waals surface area (Å²) in [6.45, 7) is 3.40. The van der Waals surface area contributed by atoms with Crippen LogP contribution in [0, 0.1) is 5.92 Å². The van der Waals surface area contributed by atoms with Gasteiger partial charge in [0, 0.05) is 16.3 Å². The lowest BCUT2D eigenvalue weighted by Gasteiger charge is -2.20. The number of primary amides is 1. The van der Waals surface area contributed by atoms with Gasteiger partial charge in [-0.05, 0) is 47.9 Å². The van der Waals surface area contributed by atoms with Crippen LogP contribution in [0.25, 0.3) is 0 Å². The Morgan fingerprint density at radius 1 is 1.04 bits per heavy atom. The predicted octanol–water partition coefficient (Wildman–Crippen LogP) is 3.36. The van der Waals surface area contributed by atoms with E-state index in [9.17, 15) is 14.4 Å². The maximum absolute atomic E-state index is 12.5. The van der Waals surface area contributed by atoms with Crippen molar-refractivity contribution in [1.82, 2.24) is 0 Å². The number of nitrogens with one attached hydrogen (secondary N) is 1. The van der Waals surface area contributed by atoms with Gasteiger partial charge in [-0.3, -0.25) is 14.4 Å². The van der Waals surface area contributed by atoms with Crippen molar-refractivity contribution in [3.63, 3.8) is 0 Å². The van der Waals surface area contributed by atoms with Crippen LogP contribution >= 0.6 is 11.6 Å². The van der Waals surface area contributed by atoms with Gasteiger partial charge in [0.05, 0.1) is 5.92 Å². The maximum Gasteiger partial charge on any atom is 0.314 e. The van der Waals surface area contributed by atoms with Gasteiger partial charge < -0.3 is 15.8 Å². The fourth-order valence-electron chi connectivity index (χ4n) is 2.60. The van der Waals surface area contributed by atoms with Crippen LogP contribution in [0.1, 0.15) is 35.7 Å². The molecule has 0 fully saturated rings. The molecule has 0 radical (unpaired) electrons. The first kappa shape index (κ1) is 20.5. The minimum Gasteiger partial charge on any atom is -0.455 e. The summed E-state index contributed by atoms with van der Waals surface area (Å²) in [6, 6.07) is 13.1. The average Bonchev–Trinajstić information content (AvgIpc) is 2.62. The molecule has 0 aliphatic heterocycles. The molecule has 2 aromatic rings. The third kappa shape index (κ3) is 5.82. The molecule has 27 heavy (non-hydrogen) atoms. The van der Waals surface area contributed by atoms with E-state index in [1.807, 2.05) is 13.8 Å². The average molecular weight is 389 g/mol. The number of benzene rings is 2. The highest BCUT2D eigenvalue weighted by molar-refractivity contribution is 6.30. The summed E-state index contributed by atoms with van der Waals surface area (Å²) >= 11 is 5.89. The Bertz CT molecular complexity index is 817. The second-order valence-electron chi connectivity index (χ2n) is 6.37. The molecule has 0 aliphatic rings. The third-order valence-corrected chi connectivity index (χ3v) is 4.20. The van der Waals surface area contributed by atoms with E-state index in [1.165, 1.54) is 12.1 Å². The van der Waals surface area contributed by atoms with E-state index < -0.39 is 30.3 Å². The summed E-state index contributed by atoms with van der Waals surface area (Å²) < 4.78 is 5.19. The minimum absolute atomic E-state index is 0.0110. The Labute approximate surface area is 162 Å². The quantitative estimate of drug-likeness (QED) is 0.710. The molecule has 6 nitrogen and oxygen atoms in total. The number of halogens is 1. The van der Waals surface area contributed by atoms with Crippen molar-refractivity contribution in [2.75, 3.05) is 11.9 Å². The second-order valence-corrected chi connectivity index (χ2v) is 6.81. The Balaban J connectivity index is 1.95. The molecule has 0 heterocycles. The molecular weight excluding hydrogens is 368 g/mol. The van der Waals surface area contributed by atoms with Crippen LogP contribution in [0.4, 0.5) is 5.69 Å². The van der Waals surface area contributed by atoms with Gasteiger partial charge in [0.1, 0.15) is 0 Å². The first-order valence-electron chi connectivity index (χ1n) is 8.39. The highest BCUT2D eigenvalue weighted by Crippen LogP contribution is 2.27. The van der Waals surface area contributed by atoms with Gasteiger partial charge in [-0.2, -0.15) is 0 Å². The summed E-state index contributed by atoms with van der Waals surface area (Å²) in [5.41, 5.74) is 6.75. The number of carbonyl (C=O) groups is 3. The molecule has 0 unspecified atom stereocenters.